The fraction of sp³-hybridized carbons (Fsp3) is 0. The first-order valence-electron chi connectivity index (χ1n) is 4.04. The molecule has 0 saturated carbocycles. The van der Waals surface area contributed by atoms with Crippen molar-refractivity contribution in [3.8, 4) is 0 Å². The first-order valence-corrected chi connectivity index (χ1v) is 4.83. The lowest BCUT2D eigenvalue weighted by Crippen LogP contribution is -2.45. The van der Waals surface area contributed by atoms with Crippen molar-refractivity contribution < 1.29 is 0 Å². The summed E-state index contributed by atoms with van der Waals surface area (Å²) in [6, 6.07) is 7.54. The maximum absolute atomic E-state index is 5.78. The molecule has 0 atom stereocenters. The van der Waals surface area contributed by atoms with Crippen LogP contribution in [0, 0.1) is 0 Å². The van der Waals surface area contributed by atoms with Crippen molar-refractivity contribution in [3.05, 3.63) is 41.1 Å². The Labute approximate surface area is 92.1 Å². The van der Waals surface area contributed by atoms with E-state index >= 15 is 0 Å². The fourth-order valence-electron chi connectivity index (χ4n) is 1.12. The lowest BCUT2D eigenvalue weighted by Gasteiger charge is -2.19. The third kappa shape index (κ3) is 1.97. The maximum Gasteiger partial charge on any atom is 0.189 e. The molecule has 72 valence electrons. The molecule has 0 fully saturated rings. The SMILES string of the molecule is S=C1NC=C(c2ccc(Cl)cc2)NN1. The Bertz CT molecular complexity index is 386. The van der Waals surface area contributed by atoms with Gasteiger partial charge in [0.25, 0.3) is 0 Å². The van der Waals surface area contributed by atoms with Gasteiger partial charge in [0.05, 0.1) is 5.70 Å². The van der Waals surface area contributed by atoms with Crippen molar-refractivity contribution in [1.82, 2.24) is 16.2 Å². The van der Waals surface area contributed by atoms with Gasteiger partial charge < -0.3 is 5.32 Å². The number of hydrazine groups is 1. The van der Waals surface area contributed by atoms with Crippen LogP contribution in [0.15, 0.2) is 30.5 Å². The Balaban J connectivity index is 2.23. The van der Waals surface area contributed by atoms with E-state index in [2.05, 4.69) is 16.2 Å². The molecule has 0 radical (unpaired) electrons. The highest BCUT2D eigenvalue weighted by Crippen LogP contribution is 2.15. The van der Waals surface area contributed by atoms with Crippen molar-refractivity contribution >= 4 is 34.6 Å². The van der Waals surface area contributed by atoms with E-state index in [1.165, 1.54) is 0 Å². The second-order valence-corrected chi connectivity index (χ2v) is 3.63. The molecule has 0 spiro atoms. The third-order valence-electron chi connectivity index (χ3n) is 1.81. The summed E-state index contributed by atoms with van der Waals surface area (Å²) in [5.41, 5.74) is 7.75. The normalized spacial score (nSPS) is 14.9. The van der Waals surface area contributed by atoms with Crippen molar-refractivity contribution in [3.63, 3.8) is 0 Å². The van der Waals surface area contributed by atoms with Gasteiger partial charge in [-0.25, -0.2) is 0 Å². The van der Waals surface area contributed by atoms with Gasteiger partial charge in [0, 0.05) is 16.8 Å². The Kier molecular flexibility index (Phi) is 2.56. The topological polar surface area (TPSA) is 36.1 Å². The van der Waals surface area contributed by atoms with E-state index in [-0.39, 0.29) is 0 Å². The maximum atomic E-state index is 5.78. The van der Waals surface area contributed by atoms with E-state index in [0.29, 0.717) is 5.11 Å². The molecule has 1 aliphatic rings. The van der Waals surface area contributed by atoms with Crippen molar-refractivity contribution in [1.29, 1.82) is 0 Å². The van der Waals surface area contributed by atoms with Crippen LogP contribution >= 0.6 is 23.8 Å². The summed E-state index contributed by atoms with van der Waals surface area (Å²) >= 11 is 10.7. The molecule has 0 amide bonds. The Morgan fingerprint density at radius 1 is 1.07 bits per heavy atom. The molecule has 0 bridgehead atoms. The van der Waals surface area contributed by atoms with Crippen LogP contribution in [0.4, 0.5) is 0 Å². The quantitative estimate of drug-likeness (QED) is 0.635. The van der Waals surface area contributed by atoms with Crippen LogP contribution in [0.3, 0.4) is 0 Å². The molecule has 3 nitrogen and oxygen atoms in total. The highest BCUT2D eigenvalue weighted by molar-refractivity contribution is 7.80. The molecule has 5 heteroatoms. The number of hydrogen-bond donors (Lipinski definition) is 3. The van der Waals surface area contributed by atoms with Gasteiger partial charge in [-0.2, -0.15) is 0 Å². The minimum atomic E-state index is 0.558. The standard InChI is InChI=1S/C9H8ClN3S/c10-7-3-1-6(2-4-7)8-5-11-9(14)13-12-8/h1-5,12H,(H2,11,13,14). The summed E-state index contributed by atoms with van der Waals surface area (Å²) in [7, 11) is 0. The zero-order valence-corrected chi connectivity index (χ0v) is 8.75. The van der Waals surface area contributed by atoms with Crippen LogP contribution in [0.25, 0.3) is 5.70 Å². The molecule has 3 N–H and O–H groups in total. The predicted octanol–water partition coefficient (Wildman–Crippen LogP) is 1.62. The molecular formula is C9H8ClN3S. The number of rotatable bonds is 1. The molecular weight excluding hydrogens is 218 g/mol. The lowest BCUT2D eigenvalue weighted by atomic mass is 10.2. The average Bonchev–Trinajstić information content (AvgIpc) is 2.21. The number of thiocarbonyl (C=S) groups is 1. The molecule has 1 aliphatic heterocycles. The van der Waals surface area contributed by atoms with E-state index in [0.717, 1.165) is 16.3 Å². The lowest BCUT2D eigenvalue weighted by molar-refractivity contribution is 0.801. The van der Waals surface area contributed by atoms with Crippen LogP contribution in [0.2, 0.25) is 5.02 Å². The van der Waals surface area contributed by atoms with Crippen LogP contribution in [0.5, 0.6) is 0 Å². The highest BCUT2D eigenvalue weighted by atomic mass is 35.5. The van der Waals surface area contributed by atoms with Gasteiger partial charge in [-0.05, 0) is 24.4 Å². The minimum absolute atomic E-state index is 0.558. The van der Waals surface area contributed by atoms with E-state index < -0.39 is 0 Å². The molecule has 0 unspecified atom stereocenters. The van der Waals surface area contributed by atoms with Gasteiger partial charge >= 0.3 is 0 Å². The molecule has 0 saturated heterocycles. The molecule has 1 heterocycles. The summed E-state index contributed by atoms with van der Waals surface area (Å²) in [6.07, 6.45) is 1.81. The largest absolute Gasteiger partial charge is 0.336 e. The Morgan fingerprint density at radius 3 is 2.36 bits per heavy atom. The van der Waals surface area contributed by atoms with Crippen LogP contribution in [-0.4, -0.2) is 5.11 Å². The van der Waals surface area contributed by atoms with Crippen LogP contribution in [-0.2, 0) is 0 Å². The van der Waals surface area contributed by atoms with Crippen LogP contribution < -0.4 is 16.2 Å². The third-order valence-corrected chi connectivity index (χ3v) is 2.29. The Morgan fingerprint density at radius 2 is 1.79 bits per heavy atom. The number of nitrogens with one attached hydrogen (secondary N) is 3. The van der Waals surface area contributed by atoms with E-state index in [9.17, 15) is 0 Å². The Hall–Kier alpha value is -1.26. The number of benzene rings is 1. The summed E-state index contributed by atoms with van der Waals surface area (Å²) < 4.78 is 0. The first kappa shape index (κ1) is 9.30. The average molecular weight is 226 g/mol. The van der Waals surface area contributed by atoms with Gasteiger partial charge in [-0.3, -0.25) is 10.9 Å². The van der Waals surface area contributed by atoms with Crippen molar-refractivity contribution in [2.45, 2.75) is 0 Å². The molecule has 1 aromatic rings. The number of hydrogen-bond acceptors (Lipinski definition) is 2. The first-order chi connectivity index (χ1) is 6.75. The van der Waals surface area contributed by atoms with E-state index in [4.69, 9.17) is 23.8 Å². The van der Waals surface area contributed by atoms with E-state index in [1.54, 1.807) is 0 Å². The molecule has 2 rings (SSSR count). The zero-order valence-electron chi connectivity index (χ0n) is 7.17. The van der Waals surface area contributed by atoms with Gasteiger partial charge in [0.2, 0.25) is 0 Å². The van der Waals surface area contributed by atoms with Gasteiger partial charge in [0.15, 0.2) is 5.11 Å². The summed E-state index contributed by atoms with van der Waals surface area (Å²) in [5, 5.41) is 4.19. The van der Waals surface area contributed by atoms with Gasteiger partial charge in [0.1, 0.15) is 0 Å². The van der Waals surface area contributed by atoms with Crippen LogP contribution in [0.1, 0.15) is 5.56 Å². The zero-order chi connectivity index (χ0) is 9.97. The van der Waals surface area contributed by atoms with Gasteiger partial charge in [-0.15, -0.1) is 0 Å². The minimum Gasteiger partial charge on any atom is -0.336 e. The molecule has 0 aromatic heterocycles. The summed E-state index contributed by atoms with van der Waals surface area (Å²) in [5.74, 6) is 0. The van der Waals surface area contributed by atoms with Crippen molar-refractivity contribution in [2.24, 2.45) is 0 Å². The van der Waals surface area contributed by atoms with Crippen molar-refractivity contribution in [2.75, 3.05) is 0 Å². The number of halogens is 1. The van der Waals surface area contributed by atoms with Gasteiger partial charge in [-0.1, -0.05) is 23.7 Å². The highest BCUT2D eigenvalue weighted by Gasteiger charge is 2.06. The molecule has 14 heavy (non-hydrogen) atoms. The predicted molar refractivity (Wildman–Crippen MR) is 61.4 cm³/mol. The molecule has 0 aliphatic carbocycles. The summed E-state index contributed by atoms with van der Waals surface area (Å²) in [4.78, 5) is 0. The summed E-state index contributed by atoms with van der Waals surface area (Å²) in [6.45, 7) is 0. The monoisotopic (exact) mass is 225 g/mol. The second-order valence-electron chi connectivity index (χ2n) is 2.79. The van der Waals surface area contributed by atoms with E-state index in [1.807, 2.05) is 30.5 Å². The second kappa shape index (κ2) is 3.86. The fourth-order valence-corrected chi connectivity index (χ4v) is 1.35. The smallest absolute Gasteiger partial charge is 0.189 e. The molecule has 1 aromatic carbocycles.